The first-order chi connectivity index (χ1) is 4.31. The molecule has 0 heterocycles. The first kappa shape index (κ1) is 8.66. The molecule has 0 aliphatic heterocycles. The molecule has 0 amide bonds. The van der Waals surface area contributed by atoms with Gasteiger partial charge in [0.25, 0.3) is 0 Å². The maximum absolute atomic E-state index is 8.54. The van der Waals surface area contributed by atoms with Gasteiger partial charge in [-0.3, -0.25) is 0 Å². The summed E-state index contributed by atoms with van der Waals surface area (Å²) in [6.07, 6.45) is 4.41. The van der Waals surface area contributed by atoms with E-state index in [4.69, 9.17) is 10.2 Å². The Labute approximate surface area is 55.8 Å². The molecular formula is C7H14O2. The molecule has 2 nitrogen and oxygen atoms in total. The van der Waals surface area contributed by atoms with Gasteiger partial charge in [-0.05, 0) is 12.3 Å². The minimum atomic E-state index is 0.0954. The van der Waals surface area contributed by atoms with Crippen LogP contribution in [0, 0.1) is 5.92 Å². The van der Waals surface area contributed by atoms with Gasteiger partial charge < -0.3 is 10.2 Å². The molecule has 0 spiro atoms. The zero-order valence-electron chi connectivity index (χ0n) is 5.75. The van der Waals surface area contributed by atoms with Gasteiger partial charge in [-0.1, -0.05) is 19.1 Å². The van der Waals surface area contributed by atoms with Crippen molar-refractivity contribution in [1.29, 1.82) is 0 Å². The van der Waals surface area contributed by atoms with E-state index in [2.05, 4.69) is 0 Å². The van der Waals surface area contributed by atoms with Crippen LogP contribution in [0.25, 0.3) is 0 Å². The third-order valence-corrected chi connectivity index (χ3v) is 1.12. The van der Waals surface area contributed by atoms with Crippen LogP contribution in [0.15, 0.2) is 12.2 Å². The van der Waals surface area contributed by atoms with Gasteiger partial charge in [-0.25, -0.2) is 0 Å². The third kappa shape index (κ3) is 5.53. The Morgan fingerprint density at radius 3 is 2.44 bits per heavy atom. The summed E-state index contributed by atoms with van der Waals surface area (Å²) in [5.41, 5.74) is 0. The van der Waals surface area contributed by atoms with E-state index >= 15 is 0 Å². The highest BCUT2D eigenvalue weighted by Gasteiger charge is 1.93. The van der Waals surface area contributed by atoms with Crippen LogP contribution in [0.3, 0.4) is 0 Å². The summed E-state index contributed by atoms with van der Waals surface area (Å²) in [7, 11) is 0. The summed E-state index contributed by atoms with van der Waals surface area (Å²) >= 11 is 0. The van der Waals surface area contributed by atoms with Crippen LogP contribution in [0.2, 0.25) is 0 Å². The number of aliphatic hydroxyl groups excluding tert-OH is 2. The first-order valence-corrected chi connectivity index (χ1v) is 3.18. The van der Waals surface area contributed by atoms with E-state index in [1.54, 1.807) is 6.08 Å². The minimum Gasteiger partial charge on any atom is -0.396 e. The van der Waals surface area contributed by atoms with E-state index in [0.717, 1.165) is 6.42 Å². The van der Waals surface area contributed by atoms with E-state index in [-0.39, 0.29) is 13.2 Å². The Kier molecular flexibility index (Phi) is 5.57. The molecule has 9 heavy (non-hydrogen) atoms. The lowest BCUT2D eigenvalue weighted by Crippen LogP contribution is -1.97. The quantitative estimate of drug-likeness (QED) is 0.546. The van der Waals surface area contributed by atoms with Crippen molar-refractivity contribution >= 4 is 0 Å². The molecule has 0 fully saturated rings. The van der Waals surface area contributed by atoms with Crippen molar-refractivity contribution in [3.05, 3.63) is 12.2 Å². The standard InChI is InChI=1S/C7H14O2/c1-7(6-9)4-2-3-5-8/h2-3,7-9H,4-6H2,1H3/b3-2+/t7-/m1/s1. The molecule has 0 aliphatic carbocycles. The lowest BCUT2D eigenvalue weighted by Gasteiger charge is -2.00. The molecule has 0 aromatic heterocycles. The summed E-state index contributed by atoms with van der Waals surface area (Å²) in [6.45, 7) is 2.27. The second-order valence-corrected chi connectivity index (χ2v) is 2.18. The maximum atomic E-state index is 8.54. The van der Waals surface area contributed by atoms with Crippen LogP contribution in [-0.2, 0) is 0 Å². The van der Waals surface area contributed by atoms with Gasteiger partial charge in [0.05, 0.1) is 6.61 Å². The van der Waals surface area contributed by atoms with Crippen LogP contribution >= 0.6 is 0 Å². The van der Waals surface area contributed by atoms with E-state index < -0.39 is 0 Å². The number of hydrogen-bond donors (Lipinski definition) is 2. The van der Waals surface area contributed by atoms with Gasteiger partial charge >= 0.3 is 0 Å². The molecule has 2 N–H and O–H groups in total. The largest absolute Gasteiger partial charge is 0.396 e. The topological polar surface area (TPSA) is 40.5 Å². The van der Waals surface area contributed by atoms with Crippen molar-refractivity contribution in [3.63, 3.8) is 0 Å². The highest BCUT2D eigenvalue weighted by Crippen LogP contribution is 1.99. The second kappa shape index (κ2) is 5.79. The summed E-state index contributed by atoms with van der Waals surface area (Å²) in [5.74, 6) is 0.313. The molecule has 0 unspecified atom stereocenters. The summed E-state index contributed by atoms with van der Waals surface area (Å²) in [6, 6.07) is 0. The van der Waals surface area contributed by atoms with Crippen molar-refractivity contribution in [2.24, 2.45) is 5.92 Å². The average molecular weight is 130 g/mol. The molecule has 54 valence electrons. The summed E-state index contributed by atoms with van der Waals surface area (Å²) in [4.78, 5) is 0. The first-order valence-electron chi connectivity index (χ1n) is 3.18. The van der Waals surface area contributed by atoms with E-state index in [9.17, 15) is 0 Å². The lowest BCUT2D eigenvalue weighted by molar-refractivity contribution is 0.238. The Hall–Kier alpha value is -0.340. The number of rotatable bonds is 4. The molecule has 0 aromatic carbocycles. The molecule has 0 aliphatic rings. The predicted molar refractivity (Wildman–Crippen MR) is 37.1 cm³/mol. The Balaban J connectivity index is 3.15. The van der Waals surface area contributed by atoms with Crippen molar-refractivity contribution in [1.82, 2.24) is 0 Å². The number of hydrogen-bond acceptors (Lipinski definition) is 2. The fourth-order valence-corrected chi connectivity index (χ4v) is 0.478. The van der Waals surface area contributed by atoms with Crippen LogP contribution in [0.1, 0.15) is 13.3 Å². The molecule has 0 bridgehead atoms. The van der Waals surface area contributed by atoms with Gasteiger partial charge in [0.2, 0.25) is 0 Å². The average Bonchev–Trinajstić information content (AvgIpc) is 1.89. The van der Waals surface area contributed by atoms with E-state index in [0.29, 0.717) is 5.92 Å². The molecule has 1 atom stereocenters. The van der Waals surface area contributed by atoms with Crippen LogP contribution in [-0.4, -0.2) is 23.4 Å². The highest BCUT2D eigenvalue weighted by molar-refractivity contribution is 4.82. The van der Waals surface area contributed by atoms with Crippen molar-refractivity contribution in [2.75, 3.05) is 13.2 Å². The third-order valence-electron chi connectivity index (χ3n) is 1.12. The van der Waals surface area contributed by atoms with Crippen LogP contribution in [0.4, 0.5) is 0 Å². The van der Waals surface area contributed by atoms with Crippen LogP contribution < -0.4 is 0 Å². The summed E-state index contributed by atoms with van der Waals surface area (Å²) in [5, 5.41) is 16.8. The fourth-order valence-electron chi connectivity index (χ4n) is 0.478. The van der Waals surface area contributed by atoms with E-state index in [1.807, 2.05) is 13.0 Å². The number of allylic oxidation sites excluding steroid dienone is 1. The maximum Gasteiger partial charge on any atom is 0.0612 e. The molecule has 0 saturated heterocycles. The Morgan fingerprint density at radius 2 is 2.00 bits per heavy atom. The number of aliphatic hydroxyl groups is 2. The van der Waals surface area contributed by atoms with Gasteiger partial charge in [0.1, 0.15) is 0 Å². The lowest BCUT2D eigenvalue weighted by atomic mass is 10.1. The van der Waals surface area contributed by atoms with Gasteiger partial charge in [-0.2, -0.15) is 0 Å². The highest BCUT2D eigenvalue weighted by atomic mass is 16.3. The molecule has 0 aromatic rings. The minimum absolute atomic E-state index is 0.0954. The van der Waals surface area contributed by atoms with Crippen molar-refractivity contribution in [3.8, 4) is 0 Å². The normalized spacial score (nSPS) is 14.6. The summed E-state index contributed by atoms with van der Waals surface area (Å²) < 4.78 is 0. The SMILES string of the molecule is C[C@@H](CO)C/C=C/CO. The van der Waals surface area contributed by atoms with E-state index in [1.165, 1.54) is 0 Å². The van der Waals surface area contributed by atoms with Gasteiger partial charge in [0.15, 0.2) is 0 Å². The molecular weight excluding hydrogens is 116 g/mol. The molecule has 0 rings (SSSR count). The zero-order valence-corrected chi connectivity index (χ0v) is 5.75. The monoisotopic (exact) mass is 130 g/mol. The molecule has 0 radical (unpaired) electrons. The van der Waals surface area contributed by atoms with Gasteiger partial charge in [0, 0.05) is 6.61 Å². The second-order valence-electron chi connectivity index (χ2n) is 2.18. The molecule has 0 saturated carbocycles. The Morgan fingerprint density at radius 1 is 1.33 bits per heavy atom. The molecule has 2 heteroatoms. The van der Waals surface area contributed by atoms with Crippen molar-refractivity contribution < 1.29 is 10.2 Å². The zero-order chi connectivity index (χ0) is 7.11. The fraction of sp³-hybridized carbons (Fsp3) is 0.714. The smallest absolute Gasteiger partial charge is 0.0612 e. The predicted octanol–water partition coefficient (Wildman–Crippen LogP) is 0.553. The van der Waals surface area contributed by atoms with Gasteiger partial charge in [-0.15, -0.1) is 0 Å². The van der Waals surface area contributed by atoms with Crippen molar-refractivity contribution in [2.45, 2.75) is 13.3 Å². The Bertz CT molecular complexity index is 79.0. The van der Waals surface area contributed by atoms with Crippen LogP contribution in [0.5, 0.6) is 0 Å².